The molecular weight excluding hydrogens is 108 g/mol. The van der Waals surface area contributed by atoms with E-state index in [1.54, 1.807) is 10.8 Å². The third-order valence-corrected chi connectivity index (χ3v) is 0.274. The summed E-state index contributed by atoms with van der Waals surface area (Å²) < 4.78 is 0. The Bertz CT molecular complexity index is 83.2. The van der Waals surface area contributed by atoms with Crippen molar-refractivity contribution in [3.05, 3.63) is 0 Å². The van der Waals surface area contributed by atoms with E-state index < -0.39 is 0 Å². The second-order valence-electron chi connectivity index (χ2n) is 0.285. The smallest absolute Gasteiger partial charge is 1.00 e. The molecule has 0 saturated carbocycles. The van der Waals surface area contributed by atoms with Crippen LogP contribution in [0, 0.1) is 21.3 Å². The Balaban J connectivity index is -0.0000000267. The Kier molecular flexibility index (Phi) is 14.0. The minimum Gasteiger partial charge on any atom is -1.00 e. The SMILES string of the molecule is N#CSC#N.[H-].[H-].[Mg+2]. The summed E-state index contributed by atoms with van der Waals surface area (Å²) in [5.74, 6) is 0. The molecule has 0 aliphatic rings. The predicted molar refractivity (Wildman–Crippen MR) is 26.8 cm³/mol. The Hall–Kier alpha value is 0.0962. The van der Waals surface area contributed by atoms with E-state index in [-0.39, 0.29) is 25.9 Å². The fourth-order valence-electron chi connectivity index (χ4n) is 0.0204. The molecule has 0 aromatic carbocycles. The molecule has 0 saturated heterocycles. The van der Waals surface area contributed by atoms with Gasteiger partial charge in [-0.05, 0) is 0 Å². The van der Waals surface area contributed by atoms with Crippen molar-refractivity contribution in [2.45, 2.75) is 0 Å². The average molecular weight is 110 g/mol. The van der Waals surface area contributed by atoms with E-state index >= 15 is 0 Å². The molecule has 6 heavy (non-hydrogen) atoms. The van der Waals surface area contributed by atoms with Gasteiger partial charge in [0.15, 0.2) is 0 Å². The van der Waals surface area contributed by atoms with Gasteiger partial charge in [0.1, 0.15) is 10.8 Å². The number of nitrogens with zero attached hydrogens (tertiary/aromatic N) is 2. The van der Waals surface area contributed by atoms with Gasteiger partial charge in [-0.1, -0.05) is 0 Å². The summed E-state index contributed by atoms with van der Waals surface area (Å²) in [6, 6.07) is 0. The molecule has 0 bridgehead atoms. The quantitative estimate of drug-likeness (QED) is 0.337. The second-order valence-corrected chi connectivity index (χ2v) is 0.854. The first kappa shape index (κ1) is 9.44. The van der Waals surface area contributed by atoms with Crippen LogP contribution >= 0.6 is 11.8 Å². The van der Waals surface area contributed by atoms with E-state index in [1.807, 2.05) is 0 Å². The molecule has 0 aromatic heterocycles. The molecule has 0 aliphatic heterocycles. The minimum atomic E-state index is 0. The maximum atomic E-state index is 7.56. The summed E-state index contributed by atoms with van der Waals surface area (Å²) in [5.41, 5.74) is 0. The van der Waals surface area contributed by atoms with Gasteiger partial charge >= 0.3 is 23.1 Å². The number of rotatable bonds is 0. The fourth-order valence-corrected chi connectivity index (χ4v) is 0.0612. The van der Waals surface area contributed by atoms with Crippen molar-refractivity contribution < 1.29 is 2.85 Å². The predicted octanol–water partition coefficient (Wildman–Crippen LogP) is 0.526. The van der Waals surface area contributed by atoms with Gasteiger partial charge in [-0.15, -0.1) is 0 Å². The van der Waals surface area contributed by atoms with E-state index in [2.05, 4.69) is 0 Å². The molecule has 0 fully saturated rings. The zero-order valence-electron chi connectivity index (χ0n) is 5.01. The van der Waals surface area contributed by atoms with Crippen LogP contribution in [0.5, 0.6) is 0 Å². The van der Waals surface area contributed by atoms with Crippen molar-refractivity contribution in [1.29, 1.82) is 10.5 Å². The van der Waals surface area contributed by atoms with Crippen LogP contribution < -0.4 is 0 Å². The van der Waals surface area contributed by atoms with Crippen LogP contribution in [0.2, 0.25) is 0 Å². The van der Waals surface area contributed by atoms with E-state index in [4.69, 9.17) is 10.5 Å². The molecule has 0 N–H and O–H groups in total. The maximum absolute atomic E-state index is 7.56. The fraction of sp³-hybridized carbons (Fsp3) is 0. The number of hydrogen-bond acceptors (Lipinski definition) is 3. The summed E-state index contributed by atoms with van der Waals surface area (Å²) in [7, 11) is 0. The zero-order chi connectivity index (χ0) is 4.12. The van der Waals surface area contributed by atoms with E-state index in [1.165, 1.54) is 0 Å². The molecule has 0 unspecified atom stereocenters. The molecular formula is C2H2MgN2S. The van der Waals surface area contributed by atoms with Crippen LogP contribution in [0.3, 0.4) is 0 Å². The second kappa shape index (κ2) is 8.92. The van der Waals surface area contributed by atoms with E-state index in [0.29, 0.717) is 11.8 Å². The first-order chi connectivity index (χ1) is 2.41. The summed E-state index contributed by atoms with van der Waals surface area (Å²) in [6.45, 7) is 0. The first-order valence-corrected chi connectivity index (χ1v) is 1.67. The van der Waals surface area contributed by atoms with Crippen LogP contribution in [-0.2, 0) is 0 Å². The Labute approximate surface area is 59.3 Å². The molecule has 0 spiro atoms. The molecule has 0 aliphatic carbocycles. The number of hydrogen-bond donors (Lipinski definition) is 0. The van der Waals surface area contributed by atoms with Crippen LogP contribution in [0.25, 0.3) is 0 Å². The Morgan fingerprint density at radius 1 is 1.33 bits per heavy atom. The van der Waals surface area contributed by atoms with Crippen LogP contribution in [0.1, 0.15) is 2.85 Å². The molecule has 0 aromatic rings. The third kappa shape index (κ3) is 8.94. The third-order valence-electron chi connectivity index (χ3n) is 0.0913. The van der Waals surface area contributed by atoms with Gasteiger partial charge in [0.25, 0.3) is 0 Å². The average Bonchev–Trinajstić information content (AvgIpc) is 1.41. The molecule has 0 radical (unpaired) electrons. The van der Waals surface area contributed by atoms with Crippen LogP contribution in [-0.4, -0.2) is 23.1 Å². The number of thiocyanates is 2. The zero-order valence-corrected chi connectivity index (χ0v) is 5.24. The van der Waals surface area contributed by atoms with Gasteiger partial charge in [0.2, 0.25) is 0 Å². The largest absolute Gasteiger partial charge is 2.00 e. The van der Waals surface area contributed by atoms with Gasteiger partial charge in [-0.2, -0.15) is 10.5 Å². The Morgan fingerprint density at radius 3 is 1.67 bits per heavy atom. The number of thioether (sulfide) groups is 1. The van der Waals surface area contributed by atoms with Crippen molar-refractivity contribution >= 4 is 34.8 Å². The molecule has 0 heterocycles. The van der Waals surface area contributed by atoms with Crippen molar-refractivity contribution in [3.63, 3.8) is 0 Å². The van der Waals surface area contributed by atoms with Crippen LogP contribution in [0.15, 0.2) is 0 Å². The van der Waals surface area contributed by atoms with E-state index in [0.717, 1.165) is 0 Å². The number of nitriles is 2. The van der Waals surface area contributed by atoms with Crippen molar-refractivity contribution in [3.8, 4) is 10.8 Å². The monoisotopic (exact) mass is 110 g/mol. The molecule has 28 valence electrons. The first-order valence-electron chi connectivity index (χ1n) is 0.855. The molecule has 0 amide bonds. The molecule has 0 rings (SSSR count). The van der Waals surface area contributed by atoms with E-state index in [9.17, 15) is 0 Å². The summed E-state index contributed by atoms with van der Waals surface area (Å²) in [5, 5.41) is 18.3. The van der Waals surface area contributed by atoms with Crippen molar-refractivity contribution in [2.75, 3.05) is 0 Å². The van der Waals surface area contributed by atoms with Gasteiger partial charge in [-0.3, -0.25) is 0 Å². The normalized spacial score (nSPS) is 3.67. The summed E-state index contributed by atoms with van der Waals surface area (Å²) in [6.07, 6.45) is 0. The van der Waals surface area contributed by atoms with Gasteiger partial charge < -0.3 is 2.85 Å². The van der Waals surface area contributed by atoms with Gasteiger partial charge in [0, 0.05) is 0 Å². The molecule has 2 nitrogen and oxygen atoms in total. The Morgan fingerprint density at radius 2 is 1.67 bits per heavy atom. The molecule has 0 atom stereocenters. The van der Waals surface area contributed by atoms with Crippen molar-refractivity contribution in [2.24, 2.45) is 0 Å². The maximum Gasteiger partial charge on any atom is 2.00 e. The summed E-state index contributed by atoms with van der Waals surface area (Å²) >= 11 is 0.574. The standard InChI is InChI=1S/C2N2S.Mg.2H/c3-1-5-2-4;;;/q;+2;2*-1. The van der Waals surface area contributed by atoms with Crippen molar-refractivity contribution in [1.82, 2.24) is 0 Å². The topological polar surface area (TPSA) is 47.6 Å². The summed E-state index contributed by atoms with van der Waals surface area (Å²) in [4.78, 5) is 0. The van der Waals surface area contributed by atoms with Gasteiger partial charge in [0.05, 0.1) is 11.8 Å². The minimum absolute atomic E-state index is 0. The molecule has 4 heteroatoms. The van der Waals surface area contributed by atoms with Crippen LogP contribution in [0.4, 0.5) is 0 Å². The van der Waals surface area contributed by atoms with Gasteiger partial charge in [-0.25, -0.2) is 0 Å².